The van der Waals surface area contributed by atoms with Crippen LogP contribution in [0.2, 0.25) is 0 Å². The van der Waals surface area contributed by atoms with Crippen LogP contribution >= 0.6 is 15.9 Å². The van der Waals surface area contributed by atoms with Crippen molar-refractivity contribution in [3.05, 3.63) is 33.8 Å². The number of nitrogens with one attached hydrogen (secondary N) is 1. The highest BCUT2D eigenvalue weighted by Crippen LogP contribution is 2.31. The van der Waals surface area contributed by atoms with Crippen molar-refractivity contribution in [2.45, 2.75) is 52.0 Å². The van der Waals surface area contributed by atoms with E-state index in [2.05, 4.69) is 60.2 Å². The summed E-state index contributed by atoms with van der Waals surface area (Å²) >= 11 is 3.64. The van der Waals surface area contributed by atoms with Gasteiger partial charge in [-0.1, -0.05) is 41.9 Å². The third kappa shape index (κ3) is 3.36. The Morgan fingerprint density at radius 1 is 1.39 bits per heavy atom. The molecular formula is C16H24BrN. The topological polar surface area (TPSA) is 12.0 Å². The largest absolute Gasteiger partial charge is 0.311 e. The van der Waals surface area contributed by atoms with Gasteiger partial charge in [-0.3, -0.25) is 0 Å². The Balaban J connectivity index is 2.15. The van der Waals surface area contributed by atoms with Gasteiger partial charge in [0.2, 0.25) is 0 Å². The summed E-state index contributed by atoms with van der Waals surface area (Å²) in [7, 11) is 0. The van der Waals surface area contributed by atoms with Crippen molar-refractivity contribution in [1.29, 1.82) is 0 Å². The second kappa shape index (κ2) is 5.75. The van der Waals surface area contributed by atoms with Gasteiger partial charge in [0.1, 0.15) is 0 Å². The number of hydrogen-bond donors (Lipinski definition) is 1. The zero-order valence-corrected chi connectivity index (χ0v) is 13.3. The van der Waals surface area contributed by atoms with E-state index in [0.717, 1.165) is 12.3 Å². The van der Waals surface area contributed by atoms with Crippen LogP contribution in [-0.4, -0.2) is 12.1 Å². The molecule has 0 aromatic heterocycles. The first-order valence-corrected chi connectivity index (χ1v) is 7.80. The Morgan fingerprint density at radius 3 is 2.72 bits per heavy atom. The van der Waals surface area contributed by atoms with Crippen LogP contribution in [0.25, 0.3) is 0 Å². The van der Waals surface area contributed by atoms with Crippen LogP contribution in [0.4, 0.5) is 0 Å². The van der Waals surface area contributed by atoms with Crippen LogP contribution in [0.3, 0.4) is 0 Å². The van der Waals surface area contributed by atoms with Crippen LogP contribution < -0.4 is 5.32 Å². The van der Waals surface area contributed by atoms with E-state index >= 15 is 0 Å². The van der Waals surface area contributed by atoms with Crippen molar-refractivity contribution in [2.75, 3.05) is 6.54 Å². The van der Waals surface area contributed by atoms with E-state index in [1.807, 2.05) is 0 Å². The SMILES string of the molecule is Cc1ccc(CC2(CC(C)C)CCCN2)cc1Br. The maximum absolute atomic E-state index is 3.77. The van der Waals surface area contributed by atoms with E-state index in [-0.39, 0.29) is 0 Å². The zero-order chi connectivity index (χ0) is 13.2. The van der Waals surface area contributed by atoms with Gasteiger partial charge in [-0.15, -0.1) is 0 Å². The molecule has 1 aliphatic rings. The van der Waals surface area contributed by atoms with E-state index in [0.29, 0.717) is 5.54 Å². The molecule has 1 unspecified atom stereocenters. The van der Waals surface area contributed by atoms with Gasteiger partial charge in [0, 0.05) is 10.0 Å². The first-order chi connectivity index (χ1) is 8.51. The standard InChI is InChI=1S/C16H24BrN/c1-12(2)10-16(7-4-8-18-16)11-14-6-5-13(3)15(17)9-14/h5-6,9,12,18H,4,7-8,10-11H2,1-3H3. The lowest BCUT2D eigenvalue weighted by atomic mass is 9.82. The number of rotatable bonds is 4. The minimum atomic E-state index is 0.336. The minimum absolute atomic E-state index is 0.336. The normalized spacial score (nSPS) is 23.8. The predicted octanol–water partition coefficient (Wildman–Crippen LogP) is 4.47. The van der Waals surface area contributed by atoms with E-state index in [9.17, 15) is 0 Å². The summed E-state index contributed by atoms with van der Waals surface area (Å²) in [5.41, 5.74) is 3.10. The maximum Gasteiger partial charge on any atom is 0.0224 e. The van der Waals surface area contributed by atoms with Gasteiger partial charge in [-0.2, -0.15) is 0 Å². The molecule has 1 nitrogen and oxygen atoms in total. The summed E-state index contributed by atoms with van der Waals surface area (Å²) in [5.74, 6) is 0.754. The van der Waals surface area contributed by atoms with Crippen LogP contribution in [0.5, 0.6) is 0 Å². The summed E-state index contributed by atoms with van der Waals surface area (Å²) in [6.45, 7) is 7.98. The van der Waals surface area contributed by atoms with Crippen LogP contribution in [0, 0.1) is 12.8 Å². The Hall–Kier alpha value is -0.340. The minimum Gasteiger partial charge on any atom is -0.311 e. The molecule has 2 rings (SSSR count). The third-order valence-corrected chi connectivity index (χ3v) is 4.76. The summed E-state index contributed by atoms with van der Waals surface area (Å²) in [6.07, 6.45) is 5.07. The highest BCUT2D eigenvalue weighted by molar-refractivity contribution is 9.10. The van der Waals surface area contributed by atoms with Crippen LogP contribution in [0.1, 0.15) is 44.2 Å². The van der Waals surface area contributed by atoms with Crippen molar-refractivity contribution in [2.24, 2.45) is 5.92 Å². The van der Waals surface area contributed by atoms with Crippen LogP contribution in [0.15, 0.2) is 22.7 Å². The fourth-order valence-corrected chi connectivity index (χ4v) is 3.61. The van der Waals surface area contributed by atoms with Gasteiger partial charge >= 0.3 is 0 Å². The predicted molar refractivity (Wildman–Crippen MR) is 82.0 cm³/mol. The molecule has 1 aliphatic heterocycles. The van der Waals surface area contributed by atoms with Crippen molar-refractivity contribution in [1.82, 2.24) is 5.32 Å². The molecule has 0 amide bonds. The number of aryl methyl sites for hydroxylation is 1. The summed E-state index contributed by atoms with van der Waals surface area (Å²) in [5, 5.41) is 3.77. The number of benzene rings is 1. The Bertz CT molecular complexity index is 406. The molecule has 2 heteroatoms. The second-order valence-electron chi connectivity index (χ2n) is 6.17. The number of hydrogen-bond acceptors (Lipinski definition) is 1. The third-order valence-electron chi connectivity index (χ3n) is 3.91. The van der Waals surface area contributed by atoms with E-state index < -0.39 is 0 Å². The van der Waals surface area contributed by atoms with Gasteiger partial charge in [0.25, 0.3) is 0 Å². The molecular weight excluding hydrogens is 286 g/mol. The Labute approximate surface area is 119 Å². The fraction of sp³-hybridized carbons (Fsp3) is 0.625. The first-order valence-electron chi connectivity index (χ1n) is 7.01. The van der Waals surface area contributed by atoms with E-state index in [1.54, 1.807) is 0 Å². The first kappa shape index (κ1) is 14.1. The van der Waals surface area contributed by atoms with Crippen molar-refractivity contribution in [3.8, 4) is 0 Å². The molecule has 0 spiro atoms. The highest BCUT2D eigenvalue weighted by atomic mass is 79.9. The molecule has 0 saturated carbocycles. The molecule has 1 heterocycles. The molecule has 1 atom stereocenters. The van der Waals surface area contributed by atoms with Crippen molar-refractivity contribution >= 4 is 15.9 Å². The second-order valence-corrected chi connectivity index (χ2v) is 7.02. The van der Waals surface area contributed by atoms with Crippen molar-refractivity contribution < 1.29 is 0 Å². The van der Waals surface area contributed by atoms with Gasteiger partial charge < -0.3 is 5.32 Å². The van der Waals surface area contributed by atoms with Gasteiger partial charge in [-0.25, -0.2) is 0 Å². The van der Waals surface area contributed by atoms with E-state index in [4.69, 9.17) is 0 Å². The quantitative estimate of drug-likeness (QED) is 0.865. The van der Waals surface area contributed by atoms with E-state index in [1.165, 1.54) is 41.4 Å². The highest BCUT2D eigenvalue weighted by Gasteiger charge is 2.33. The van der Waals surface area contributed by atoms with Gasteiger partial charge in [-0.05, 0) is 62.3 Å². The van der Waals surface area contributed by atoms with Crippen molar-refractivity contribution in [3.63, 3.8) is 0 Å². The Kier molecular flexibility index (Phi) is 4.50. The van der Waals surface area contributed by atoms with Gasteiger partial charge in [0.05, 0.1) is 0 Å². The average Bonchev–Trinajstić information content (AvgIpc) is 2.71. The molecule has 0 bridgehead atoms. The lowest BCUT2D eigenvalue weighted by Gasteiger charge is -2.32. The molecule has 1 aromatic carbocycles. The molecule has 1 aromatic rings. The maximum atomic E-state index is 3.77. The Morgan fingerprint density at radius 2 is 2.17 bits per heavy atom. The molecule has 1 fully saturated rings. The monoisotopic (exact) mass is 309 g/mol. The fourth-order valence-electron chi connectivity index (χ4n) is 3.18. The summed E-state index contributed by atoms with van der Waals surface area (Å²) in [6, 6.07) is 6.79. The zero-order valence-electron chi connectivity index (χ0n) is 11.7. The van der Waals surface area contributed by atoms with Gasteiger partial charge in [0.15, 0.2) is 0 Å². The average molecular weight is 310 g/mol. The summed E-state index contributed by atoms with van der Waals surface area (Å²) in [4.78, 5) is 0. The molecule has 1 saturated heterocycles. The molecule has 0 radical (unpaired) electrons. The molecule has 1 N–H and O–H groups in total. The molecule has 18 heavy (non-hydrogen) atoms. The number of halogens is 1. The van der Waals surface area contributed by atoms with Crippen LogP contribution in [-0.2, 0) is 6.42 Å². The smallest absolute Gasteiger partial charge is 0.0224 e. The molecule has 0 aliphatic carbocycles. The molecule has 100 valence electrons. The lowest BCUT2D eigenvalue weighted by Crippen LogP contribution is -2.43. The lowest BCUT2D eigenvalue weighted by molar-refractivity contribution is 0.301. The summed E-state index contributed by atoms with van der Waals surface area (Å²) < 4.78 is 1.23.